The van der Waals surface area contributed by atoms with E-state index in [0.717, 1.165) is 46.2 Å². The van der Waals surface area contributed by atoms with Crippen molar-refractivity contribution in [2.75, 3.05) is 31.6 Å². The molecule has 0 spiro atoms. The molecule has 28 heavy (non-hydrogen) atoms. The zero-order valence-electron chi connectivity index (χ0n) is 16.8. The van der Waals surface area contributed by atoms with Crippen molar-refractivity contribution in [3.63, 3.8) is 0 Å². The van der Waals surface area contributed by atoms with Crippen molar-refractivity contribution in [3.8, 4) is 5.75 Å². The number of rotatable bonds is 5. The number of methoxy groups -OCH3 is 1. The van der Waals surface area contributed by atoms with E-state index in [1.54, 1.807) is 7.11 Å². The van der Waals surface area contributed by atoms with Gasteiger partial charge < -0.3 is 20.3 Å². The second kappa shape index (κ2) is 8.32. The first-order valence-corrected chi connectivity index (χ1v) is 10.7. The lowest BCUT2D eigenvalue weighted by molar-refractivity contribution is 0.222. The molecule has 4 rings (SSSR count). The number of anilines is 2. The van der Waals surface area contributed by atoms with E-state index in [2.05, 4.69) is 41.0 Å². The molecule has 0 aliphatic carbocycles. The first-order valence-electron chi connectivity index (χ1n) is 10.3. The van der Waals surface area contributed by atoms with Crippen molar-refractivity contribution >= 4 is 23.0 Å². The summed E-state index contributed by atoms with van der Waals surface area (Å²) in [5.41, 5.74) is 11.2. The molecule has 1 saturated heterocycles. The SMILES string of the molecule is COc1ccc2c(c1)C(N)c1ccc(Cl)cc1N2C(C)CCN1CCCCC1. The summed E-state index contributed by atoms with van der Waals surface area (Å²) in [6.07, 6.45) is 5.13. The van der Waals surface area contributed by atoms with Gasteiger partial charge in [-0.25, -0.2) is 0 Å². The van der Waals surface area contributed by atoms with Crippen molar-refractivity contribution in [3.05, 3.63) is 52.5 Å². The van der Waals surface area contributed by atoms with Gasteiger partial charge >= 0.3 is 0 Å². The molecule has 2 aliphatic rings. The Morgan fingerprint density at radius 3 is 2.61 bits per heavy atom. The Balaban J connectivity index is 1.67. The fraction of sp³-hybridized carbons (Fsp3) is 0.478. The molecule has 5 heteroatoms. The molecular weight excluding hydrogens is 370 g/mol. The predicted molar refractivity (Wildman–Crippen MR) is 117 cm³/mol. The summed E-state index contributed by atoms with van der Waals surface area (Å²) in [6.45, 7) is 5.90. The Labute approximate surface area is 173 Å². The third kappa shape index (κ3) is 3.73. The van der Waals surface area contributed by atoms with Crippen molar-refractivity contribution in [1.82, 2.24) is 4.90 Å². The van der Waals surface area contributed by atoms with Gasteiger partial charge in [-0.15, -0.1) is 0 Å². The van der Waals surface area contributed by atoms with Gasteiger partial charge in [0.05, 0.1) is 13.2 Å². The third-order valence-corrected chi connectivity index (χ3v) is 6.40. The number of nitrogens with zero attached hydrogens (tertiary/aromatic N) is 2. The highest BCUT2D eigenvalue weighted by Crippen LogP contribution is 2.46. The number of fused-ring (bicyclic) bond motifs is 2. The van der Waals surface area contributed by atoms with Crippen LogP contribution in [-0.4, -0.2) is 37.7 Å². The maximum atomic E-state index is 6.65. The Morgan fingerprint density at radius 1 is 1.07 bits per heavy atom. The average molecular weight is 400 g/mol. The van der Waals surface area contributed by atoms with E-state index in [1.807, 2.05) is 12.1 Å². The molecule has 2 atom stereocenters. The molecule has 0 bridgehead atoms. The van der Waals surface area contributed by atoms with E-state index in [4.69, 9.17) is 22.1 Å². The second-order valence-electron chi connectivity index (χ2n) is 8.02. The molecular formula is C23H30ClN3O. The van der Waals surface area contributed by atoms with Crippen LogP contribution in [0.3, 0.4) is 0 Å². The molecule has 2 aromatic rings. The van der Waals surface area contributed by atoms with E-state index < -0.39 is 0 Å². The number of hydrogen-bond acceptors (Lipinski definition) is 4. The van der Waals surface area contributed by atoms with Gasteiger partial charge in [0.25, 0.3) is 0 Å². The Hall–Kier alpha value is -1.75. The Kier molecular flexibility index (Phi) is 5.81. The van der Waals surface area contributed by atoms with Gasteiger partial charge in [-0.05, 0) is 75.2 Å². The fourth-order valence-corrected chi connectivity index (χ4v) is 4.74. The molecule has 0 saturated carbocycles. The van der Waals surface area contributed by atoms with E-state index >= 15 is 0 Å². The van der Waals surface area contributed by atoms with Gasteiger partial charge in [0, 0.05) is 34.5 Å². The summed E-state index contributed by atoms with van der Waals surface area (Å²) in [4.78, 5) is 5.02. The van der Waals surface area contributed by atoms with Gasteiger partial charge in [-0.1, -0.05) is 24.1 Å². The van der Waals surface area contributed by atoms with Crippen LogP contribution in [0.15, 0.2) is 36.4 Å². The molecule has 2 aromatic carbocycles. The minimum absolute atomic E-state index is 0.178. The molecule has 0 radical (unpaired) electrons. The molecule has 1 fully saturated rings. The third-order valence-electron chi connectivity index (χ3n) is 6.17. The molecule has 2 heterocycles. The first-order chi connectivity index (χ1) is 13.6. The zero-order chi connectivity index (χ0) is 19.7. The topological polar surface area (TPSA) is 41.7 Å². The van der Waals surface area contributed by atoms with Gasteiger partial charge in [-0.2, -0.15) is 0 Å². The molecule has 2 aliphatic heterocycles. The first kappa shape index (κ1) is 19.6. The summed E-state index contributed by atoms with van der Waals surface area (Å²) in [7, 11) is 1.70. The van der Waals surface area contributed by atoms with Crippen LogP contribution in [0, 0.1) is 0 Å². The maximum Gasteiger partial charge on any atom is 0.119 e. The van der Waals surface area contributed by atoms with Crippen LogP contribution >= 0.6 is 11.6 Å². The van der Waals surface area contributed by atoms with Gasteiger partial charge in [0.15, 0.2) is 0 Å². The molecule has 0 amide bonds. The maximum absolute atomic E-state index is 6.65. The number of ether oxygens (including phenoxy) is 1. The highest BCUT2D eigenvalue weighted by Gasteiger charge is 2.31. The number of nitrogens with two attached hydrogens (primary N) is 1. The molecule has 2 unspecified atom stereocenters. The summed E-state index contributed by atoms with van der Waals surface area (Å²) in [5.74, 6) is 0.840. The molecule has 0 aromatic heterocycles. The van der Waals surface area contributed by atoms with Gasteiger partial charge in [-0.3, -0.25) is 0 Å². The van der Waals surface area contributed by atoms with Gasteiger partial charge in [0.2, 0.25) is 0 Å². The van der Waals surface area contributed by atoms with Crippen molar-refractivity contribution in [2.45, 2.75) is 44.7 Å². The number of benzene rings is 2. The van der Waals surface area contributed by atoms with Crippen LogP contribution in [0.25, 0.3) is 0 Å². The smallest absolute Gasteiger partial charge is 0.119 e. The molecule has 4 nitrogen and oxygen atoms in total. The lowest BCUT2D eigenvalue weighted by atomic mass is 9.89. The zero-order valence-corrected chi connectivity index (χ0v) is 17.6. The predicted octanol–water partition coefficient (Wildman–Crippen LogP) is 5.11. The highest BCUT2D eigenvalue weighted by molar-refractivity contribution is 6.31. The van der Waals surface area contributed by atoms with Crippen molar-refractivity contribution in [1.29, 1.82) is 0 Å². The number of piperidine rings is 1. The summed E-state index contributed by atoms with van der Waals surface area (Å²) in [5, 5.41) is 0.746. The summed E-state index contributed by atoms with van der Waals surface area (Å²) in [6, 6.07) is 12.4. The van der Waals surface area contributed by atoms with Gasteiger partial charge in [0.1, 0.15) is 5.75 Å². The average Bonchev–Trinajstić information content (AvgIpc) is 2.73. The van der Waals surface area contributed by atoms with E-state index in [9.17, 15) is 0 Å². The quantitative estimate of drug-likeness (QED) is 0.758. The Bertz CT molecular complexity index is 835. The number of halogens is 1. The second-order valence-corrected chi connectivity index (χ2v) is 8.45. The monoisotopic (exact) mass is 399 g/mol. The lowest BCUT2D eigenvalue weighted by Gasteiger charge is -2.41. The standard InChI is InChI=1S/C23H30ClN3O/c1-16(10-13-26-11-4-3-5-12-26)27-21-9-7-18(28-2)15-20(21)23(25)19-8-6-17(24)14-22(19)27/h6-9,14-16,23H,3-5,10-13,25H2,1-2H3. The number of likely N-dealkylation sites (tertiary alicyclic amines) is 1. The van der Waals surface area contributed by atoms with Crippen LogP contribution in [0.2, 0.25) is 5.02 Å². The minimum atomic E-state index is -0.178. The number of hydrogen-bond donors (Lipinski definition) is 1. The highest BCUT2D eigenvalue weighted by atomic mass is 35.5. The fourth-order valence-electron chi connectivity index (χ4n) is 4.57. The van der Waals surface area contributed by atoms with Crippen LogP contribution in [0.5, 0.6) is 5.75 Å². The summed E-state index contributed by atoms with van der Waals surface area (Å²) >= 11 is 6.37. The van der Waals surface area contributed by atoms with Crippen LogP contribution < -0.4 is 15.4 Å². The largest absolute Gasteiger partial charge is 0.497 e. The van der Waals surface area contributed by atoms with E-state index in [0.29, 0.717) is 6.04 Å². The molecule has 150 valence electrons. The van der Waals surface area contributed by atoms with Crippen molar-refractivity contribution < 1.29 is 4.74 Å². The van der Waals surface area contributed by atoms with Crippen LogP contribution in [0.1, 0.15) is 49.8 Å². The molecule has 2 N–H and O–H groups in total. The lowest BCUT2D eigenvalue weighted by Crippen LogP contribution is -2.38. The van der Waals surface area contributed by atoms with Crippen LogP contribution in [-0.2, 0) is 0 Å². The summed E-state index contributed by atoms with van der Waals surface area (Å²) < 4.78 is 5.46. The minimum Gasteiger partial charge on any atom is -0.497 e. The normalized spacial score (nSPS) is 20.4. The van der Waals surface area contributed by atoms with Crippen LogP contribution in [0.4, 0.5) is 11.4 Å². The van der Waals surface area contributed by atoms with Crippen molar-refractivity contribution in [2.24, 2.45) is 5.73 Å². The van der Waals surface area contributed by atoms with E-state index in [-0.39, 0.29) is 6.04 Å². The van der Waals surface area contributed by atoms with E-state index in [1.165, 1.54) is 32.4 Å². The Morgan fingerprint density at radius 2 is 1.86 bits per heavy atom.